The fourth-order valence-corrected chi connectivity index (χ4v) is 1.64. The standard InChI is InChI=1S/C13H21N/c1-10-5-7-13(8-6-10)11(2)9-12(3)14-4/h5,7,9,12,14H,6,8H2,1-4H3/b11-9+. The molecule has 1 atom stereocenters. The first-order valence-electron chi connectivity index (χ1n) is 5.36. The van der Waals surface area contributed by atoms with Gasteiger partial charge in [0.2, 0.25) is 0 Å². The lowest BCUT2D eigenvalue weighted by Crippen LogP contribution is -2.18. The Labute approximate surface area is 87.6 Å². The van der Waals surface area contributed by atoms with E-state index in [-0.39, 0.29) is 0 Å². The minimum atomic E-state index is 0.461. The topological polar surface area (TPSA) is 12.0 Å². The van der Waals surface area contributed by atoms with E-state index in [0.717, 1.165) is 0 Å². The summed E-state index contributed by atoms with van der Waals surface area (Å²) in [6.45, 7) is 6.57. The number of hydrogen-bond donors (Lipinski definition) is 1. The molecule has 1 aliphatic carbocycles. The highest BCUT2D eigenvalue weighted by Gasteiger charge is 2.05. The van der Waals surface area contributed by atoms with E-state index in [9.17, 15) is 0 Å². The average Bonchev–Trinajstić information content (AvgIpc) is 2.18. The van der Waals surface area contributed by atoms with Crippen molar-refractivity contribution in [3.8, 4) is 0 Å². The summed E-state index contributed by atoms with van der Waals surface area (Å²) >= 11 is 0. The first-order valence-corrected chi connectivity index (χ1v) is 5.36. The van der Waals surface area contributed by atoms with Gasteiger partial charge in [-0.2, -0.15) is 0 Å². The molecule has 1 N–H and O–H groups in total. The van der Waals surface area contributed by atoms with Crippen molar-refractivity contribution in [3.05, 3.63) is 34.9 Å². The highest BCUT2D eigenvalue weighted by Crippen LogP contribution is 2.23. The van der Waals surface area contributed by atoms with Crippen LogP contribution in [-0.4, -0.2) is 13.1 Å². The second-order valence-electron chi connectivity index (χ2n) is 4.13. The minimum Gasteiger partial charge on any atom is -0.314 e. The van der Waals surface area contributed by atoms with Crippen molar-refractivity contribution < 1.29 is 0 Å². The van der Waals surface area contributed by atoms with Crippen LogP contribution in [0.3, 0.4) is 0 Å². The van der Waals surface area contributed by atoms with Crippen molar-refractivity contribution in [3.63, 3.8) is 0 Å². The lowest BCUT2D eigenvalue weighted by Gasteiger charge is -2.14. The molecule has 1 heteroatoms. The first-order chi connectivity index (χ1) is 6.63. The van der Waals surface area contributed by atoms with Gasteiger partial charge in [0.1, 0.15) is 0 Å². The Bertz CT molecular complexity index is 282. The molecular weight excluding hydrogens is 170 g/mol. The zero-order chi connectivity index (χ0) is 10.6. The minimum absolute atomic E-state index is 0.461. The lowest BCUT2D eigenvalue weighted by atomic mass is 9.94. The maximum atomic E-state index is 3.22. The maximum absolute atomic E-state index is 3.22. The van der Waals surface area contributed by atoms with E-state index in [4.69, 9.17) is 0 Å². The Morgan fingerprint density at radius 2 is 2.14 bits per heavy atom. The van der Waals surface area contributed by atoms with Gasteiger partial charge in [-0.15, -0.1) is 0 Å². The van der Waals surface area contributed by atoms with Gasteiger partial charge in [0.25, 0.3) is 0 Å². The molecule has 0 aromatic rings. The summed E-state index contributed by atoms with van der Waals surface area (Å²) in [4.78, 5) is 0. The van der Waals surface area contributed by atoms with E-state index in [2.05, 4.69) is 44.3 Å². The third-order valence-electron chi connectivity index (χ3n) is 2.82. The fraction of sp³-hybridized carbons (Fsp3) is 0.538. The summed E-state index contributed by atoms with van der Waals surface area (Å²) < 4.78 is 0. The Kier molecular flexibility index (Phi) is 4.15. The number of likely N-dealkylation sites (N-methyl/N-ethyl adjacent to an activating group) is 1. The van der Waals surface area contributed by atoms with Crippen LogP contribution in [0.2, 0.25) is 0 Å². The molecule has 1 rings (SSSR count). The third-order valence-corrected chi connectivity index (χ3v) is 2.82. The quantitative estimate of drug-likeness (QED) is 0.722. The average molecular weight is 191 g/mol. The van der Waals surface area contributed by atoms with E-state index in [0.29, 0.717) is 6.04 Å². The molecule has 1 nitrogen and oxygen atoms in total. The summed E-state index contributed by atoms with van der Waals surface area (Å²) in [5, 5.41) is 3.22. The number of hydrogen-bond acceptors (Lipinski definition) is 1. The van der Waals surface area contributed by atoms with E-state index in [1.54, 1.807) is 0 Å². The summed E-state index contributed by atoms with van der Waals surface area (Å²) in [5.74, 6) is 0. The second-order valence-corrected chi connectivity index (χ2v) is 4.13. The molecular formula is C13H21N. The van der Waals surface area contributed by atoms with Crippen LogP contribution in [-0.2, 0) is 0 Å². The van der Waals surface area contributed by atoms with Crippen molar-refractivity contribution in [1.82, 2.24) is 5.32 Å². The largest absolute Gasteiger partial charge is 0.314 e. The van der Waals surface area contributed by atoms with E-state index < -0.39 is 0 Å². The predicted molar refractivity (Wildman–Crippen MR) is 63.4 cm³/mol. The van der Waals surface area contributed by atoms with Crippen molar-refractivity contribution in [1.29, 1.82) is 0 Å². The van der Waals surface area contributed by atoms with Crippen LogP contribution in [0.25, 0.3) is 0 Å². The second kappa shape index (κ2) is 5.16. The van der Waals surface area contributed by atoms with Gasteiger partial charge >= 0.3 is 0 Å². The summed E-state index contributed by atoms with van der Waals surface area (Å²) in [5.41, 5.74) is 4.39. The number of allylic oxidation sites excluding steroid dienone is 5. The maximum Gasteiger partial charge on any atom is 0.0224 e. The van der Waals surface area contributed by atoms with Crippen LogP contribution in [0.5, 0.6) is 0 Å². The Balaban J connectivity index is 2.70. The zero-order valence-corrected chi connectivity index (χ0v) is 9.72. The molecule has 0 aliphatic heterocycles. The molecule has 78 valence electrons. The molecule has 1 aliphatic rings. The zero-order valence-electron chi connectivity index (χ0n) is 9.72. The molecule has 14 heavy (non-hydrogen) atoms. The van der Waals surface area contributed by atoms with E-state index >= 15 is 0 Å². The van der Waals surface area contributed by atoms with E-state index in [1.165, 1.54) is 29.6 Å². The number of rotatable bonds is 3. The van der Waals surface area contributed by atoms with Gasteiger partial charge in [0.05, 0.1) is 0 Å². The molecule has 1 unspecified atom stereocenters. The molecule has 0 radical (unpaired) electrons. The molecule has 0 saturated carbocycles. The molecule has 0 spiro atoms. The van der Waals surface area contributed by atoms with E-state index in [1.807, 2.05) is 7.05 Å². The van der Waals surface area contributed by atoms with Gasteiger partial charge in [0, 0.05) is 6.04 Å². The molecule has 0 amide bonds. The van der Waals surface area contributed by atoms with Crippen molar-refractivity contribution in [2.75, 3.05) is 7.05 Å². The fourth-order valence-electron chi connectivity index (χ4n) is 1.64. The van der Waals surface area contributed by atoms with Gasteiger partial charge < -0.3 is 5.32 Å². The van der Waals surface area contributed by atoms with Crippen LogP contribution in [0.1, 0.15) is 33.6 Å². The monoisotopic (exact) mass is 191 g/mol. The molecule has 0 fully saturated rings. The molecule has 0 saturated heterocycles. The molecule has 0 aromatic carbocycles. The normalized spacial score (nSPS) is 20.1. The summed E-state index contributed by atoms with van der Waals surface area (Å²) in [7, 11) is 1.99. The molecule has 0 bridgehead atoms. The Morgan fingerprint density at radius 3 is 2.64 bits per heavy atom. The van der Waals surface area contributed by atoms with Gasteiger partial charge in [-0.05, 0) is 46.2 Å². The molecule has 0 heterocycles. The Hall–Kier alpha value is -0.820. The highest BCUT2D eigenvalue weighted by molar-refractivity contribution is 5.37. The first kappa shape index (κ1) is 11.3. The van der Waals surface area contributed by atoms with Crippen molar-refractivity contribution in [2.24, 2.45) is 0 Å². The van der Waals surface area contributed by atoms with Gasteiger partial charge in [-0.1, -0.05) is 29.4 Å². The van der Waals surface area contributed by atoms with Crippen molar-refractivity contribution in [2.45, 2.75) is 39.7 Å². The Morgan fingerprint density at radius 1 is 1.43 bits per heavy atom. The third kappa shape index (κ3) is 3.15. The van der Waals surface area contributed by atoms with Crippen LogP contribution in [0, 0.1) is 0 Å². The van der Waals surface area contributed by atoms with Crippen LogP contribution < -0.4 is 5.32 Å². The van der Waals surface area contributed by atoms with Gasteiger partial charge in [0.15, 0.2) is 0 Å². The SMILES string of the molecule is CNC(C)/C=C(\C)C1=CC=C(C)CC1. The van der Waals surface area contributed by atoms with Crippen LogP contribution >= 0.6 is 0 Å². The summed E-state index contributed by atoms with van der Waals surface area (Å²) in [6, 6.07) is 0.461. The smallest absolute Gasteiger partial charge is 0.0224 e. The van der Waals surface area contributed by atoms with Crippen LogP contribution in [0.15, 0.2) is 34.9 Å². The lowest BCUT2D eigenvalue weighted by molar-refractivity contribution is 0.723. The van der Waals surface area contributed by atoms with Crippen molar-refractivity contribution >= 4 is 0 Å². The molecule has 0 aromatic heterocycles. The summed E-state index contributed by atoms with van der Waals surface area (Å²) in [6.07, 6.45) is 9.19. The van der Waals surface area contributed by atoms with Crippen LogP contribution in [0.4, 0.5) is 0 Å². The van der Waals surface area contributed by atoms with Gasteiger partial charge in [-0.25, -0.2) is 0 Å². The predicted octanol–water partition coefficient (Wildman–Crippen LogP) is 3.21. The highest BCUT2D eigenvalue weighted by atomic mass is 14.8. The number of nitrogens with one attached hydrogen (secondary N) is 1. The van der Waals surface area contributed by atoms with Gasteiger partial charge in [-0.3, -0.25) is 0 Å².